The lowest BCUT2D eigenvalue weighted by atomic mass is 10.2. The van der Waals surface area contributed by atoms with E-state index >= 15 is 0 Å². The highest BCUT2D eigenvalue weighted by atomic mass is 16.5. The van der Waals surface area contributed by atoms with Crippen LogP contribution >= 0.6 is 0 Å². The Morgan fingerprint density at radius 1 is 1.60 bits per heavy atom. The van der Waals surface area contributed by atoms with Crippen molar-refractivity contribution >= 4 is 0 Å². The Morgan fingerprint density at radius 2 is 2.20 bits per heavy atom. The minimum Gasteiger partial charge on any atom is -0.503 e. The number of aryl methyl sites for hydroxylation is 1. The van der Waals surface area contributed by atoms with Crippen LogP contribution in [0.1, 0.15) is 31.3 Å². The van der Waals surface area contributed by atoms with Gasteiger partial charge in [0.15, 0.2) is 5.75 Å². The van der Waals surface area contributed by atoms with Gasteiger partial charge in [-0.05, 0) is 20.8 Å². The minimum atomic E-state index is -0.354. The van der Waals surface area contributed by atoms with Gasteiger partial charge in [0.25, 0.3) is 0 Å². The van der Waals surface area contributed by atoms with E-state index in [4.69, 9.17) is 4.74 Å². The molecule has 1 aromatic heterocycles. The summed E-state index contributed by atoms with van der Waals surface area (Å²) < 4.78 is 7.15. The lowest BCUT2D eigenvalue weighted by molar-refractivity contribution is 0.0685. The van der Waals surface area contributed by atoms with E-state index < -0.39 is 0 Å². The van der Waals surface area contributed by atoms with Gasteiger partial charge in [-0.3, -0.25) is 4.79 Å². The number of hydrogen-bond acceptors (Lipinski definition) is 3. The van der Waals surface area contributed by atoms with Gasteiger partial charge < -0.3 is 14.4 Å². The molecule has 0 radical (unpaired) electrons. The molecular formula is C11H17NO3. The molecule has 1 N–H and O–H groups in total. The van der Waals surface area contributed by atoms with E-state index in [0.717, 1.165) is 5.69 Å². The molecule has 4 heteroatoms. The van der Waals surface area contributed by atoms with Gasteiger partial charge in [-0.15, -0.1) is 0 Å². The van der Waals surface area contributed by atoms with E-state index in [-0.39, 0.29) is 17.3 Å². The summed E-state index contributed by atoms with van der Waals surface area (Å²) in [7, 11) is 1.80. The number of pyridine rings is 1. The van der Waals surface area contributed by atoms with E-state index in [1.807, 2.05) is 20.8 Å². The Hall–Kier alpha value is -1.29. The quantitative estimate of drug-likeness (QED) is 0.824. The Labute approximate surface area is 89.1 Å². The molecule has 1 rings (SSSR count). The SMILES string of the molecule is CCO[C@H](C)c1c(O)c(=O)cc(C)n1C. The largest absolute Gasteiger partial charge is 0.503 e. The number of aromatic hydroxyl groups is 1. The van der Waals surface area contributed by atoms with Crippen molar-refractivity contribution in [1.29, 1.82) is 0 Å². The summed E-state index contributed by atoms with van der Waals surface area (Å²) in [5.74, 6) is -0.218. The maximum Gasteiger partial charge on any atom is 0.223 e. The first-order valence-corrected chi connectivity index (χ1v) is 5.00. The summed E-state index contributed by atoms with van der Waals surface area (Å²) in [5, 5.41) is 9.69. The third-order valence-electron chi connectivity index (χ3n) is 2.51. The van der Waals surface area contributed by atoms with Crippen LogP contribution in [-0.2, 0) is 11.8 Å². The zero-order valence-electron chi connectivity index (χ0n) is 9.57. The summed E-state index contributed by atoms with van der Waals surface area (Å²) in [6.45, 7) is 6.06. The minimum absolute atomic E-state index is 0.218. The molecule has 0 aliphatic carbocycles. The second kappa shape index (κ2) is 4.49. The smallest absolute Gasteiger partial charge is 0.223 e. The lowest BCUT2D eigenvalue weighted by Gasteiger charge is -2.19. The van der Waals surface area contributed by atoms with Gasteiger partial charge in [-0.25, -0.2) is 0 Å². The third-order valence-corrected chi connectivity index (χ3v) is 2.51. The van der Waals surface area contributed by atoms with Crippen molar-refractivity contribution in [2.75, 3.05) is 6.61 Å². The maximum absolute atomic E-state index is 11.4. The summed E-state index contributed by atoms with van der Waals surface area (Å²) in [5.41, 5.74) is 0.980. The van der Waals surface area contributed by atoms with Crippen LogP contribution in [0.25, 0.3) is 0 Å². The monoisotopic (exact) mass is 211 g/mol. The summed E-state index contributed by atoms with van der Waals surface area (Å²) in [4.78, 5) is 11.4. The molecule has 0 fully saturated rings. The van der Waals surface area contributed by atoms with Crippen molar-refractivity contribution in [3.63, 3.8) is 0 Å². The standard InChI is InChI=1S/C11H17NO3/c1-5-15-8(3)10-11(14)9(13)6-7(2)12(10)4/h6,8,14H,5H2,1-4H3/t8-/m1/s1. The van der Waals surface area contributed by atoms with Gasteiger partial charge in [0.05, 0.1) is 11.8 Å². The Balaban J connectivity index is 3.32. The van der Waals surface area contributed by atoms with Gasteiger partial charge in [0, 0.05) is 25.4 Å². The average Bonchev–Trinajstić information content (AvgIpc) is 2.16. The van der Waals surface area contributed by atoms with Crippen LogP contribution in [0.5, 0.6) is 5.75 Å². The molecule has 0 saturated heterocycles. The second-order valence-electron chi connectivity index (χ2n) is 3.54. The van der Waals surface area contributed by atoms with Crippen LogP contribution in [-0.4, -0.2) is 16.3 Å². The van der Waals surface area contributed by atoms with E-state index in [1.54, 1.807) is 11.6 Å². The van der Waals surface area contributed by atoms with Crippen LogP contribution in [0.2, 0.25) is 0 Å². The highest BCUT2D eigenvalue weighted by molar-refractivity contribution is 5.30. The van der Waals surface area contributed by atoms with Crippen molar-refractivity contribution in [3.05, 3.63) is 27.7 Å². The van der Waals surface area contributed by atoms with Crippen molar-refractivity contribution in [1.82, 2.24) is 4.57 Å². The van der Waals surface area contributed by atoms with Gasteiger partial charge >= 0.3 is 0 Å². The molecule has 1 heterocycles. The molecule has 0 aliphatic rings. The first-order chi connectivity index (χ1) is 6.99. The molecule has 1 aromatic rings. The fraction of sp³-hybridized carbons (Fsp3) is 0.545. The fourth-order valence-corrected chi connectivity index (χ4v) is 1.62. The van der Waals surface area contributed by atoms with E-state index in [1.165, 1.54) is 6.07 Å². The van der Waals surface area contributed by atoms with Crippen LogP contribution in [0, 0.1) is 6.92 Å². The van der Waals surface area contributed by atoms with Crippen LogP contribution in [0.15, 0.2) is 10.9 Å². The Bertz CT molecular complexity index is 409. The topological polar surface area (TPSA) is 51.5 Å². The lowest BCUT2D eigenvalue weighted by Crippen LogP contribution is -2.16. The molecule has 0 bridgehead atoms. The summed E-state index contributed by atoms with van der Waals surface area (Å²) >= 11 is 0. The predicted octanol–water partition coefficient (Wildman–Crippen LogP) is 1.50. The molecule has 0 aliphatic heterocycles. The molecule has 15 heavy (non-hydrogen) atoms. The van der Waals surface area contributed by atoms with Gasteiger partial charge in [-0.1, -0.05) is 0 Å². The first-order valence-electron chi connectivity index (χ1n) is 5.00. The normalized spacial score (nSPS) is 12.8. The summed E-state index contributed by atoms with van der Waals surface area (Å²) in [6, 6.07) is 1.41. The fourth-order valence-electron chi connectivity index (χ4n) is 1.62. The molecule has 84 valence electrons. The van der Waals surface area contributed by atoms with Crippen molar-refractivity contribution in [2.45, 2.75) is 26.9 Å². The summed E-state index contributed by atoms with van der Waals surface area (Å²) in [6.07, 6.45) is -0.285. The average molecular weight is 211 g/mol. The number of hydrogen-bond donors (Lipinski definition) is 1. The molecule has 0 saturated carbocycles. The van der Waals surface area contributed by atoms with Gasteiger partial charge in [-0.2, -0.15) is 0 Å². The Morgan fingerprint density at radius 3 is 2.73 bits per heavy atom. The van der Waals surface area contributed by atoms with Gasteiger partial charge in [0.1, 0.15) is 0 Å². The number of aromatic nitrogens is 1. The van der Waals surface area contributed by atoms with Crippen molar-refractivity contribution < 1.29 is 9.84 Å². The molecule has 4 nitrogen and oxygen atoms in total. The molecular weight excluding hydrogens is 194 g/mol. The highest BCUT2D eigenvalue weighted by Gasteiger charge is 2.17. The number of nitrogens with zero attached hydrogens (tertiary/aromatic N) is 1. The third kappa shape index (κ3) is 2.21. The predicted molar refractivity (Wildman–Crippen MR) is 58.1 cm³/mol. The van der Waals surface area contributed by atoms with Gasteiger partial charge in [0.2, 0.25) is 5.43 Å². The maximum atomic E-state index is 11.4. The molecule has 0 aromatic carbocycles. The number of rotatable bonds is 3. The van der Waals surface area contributed by atoms with Crippen LogP contribution in [0.4, 0.5) is 0 Å². The zero-order chi connectivity index (χ0) is 11.6. The highest BCUT2D eigenvalue weighted by Crippen LogP contribution is 2.23. The molecule has 0 amide bonds. The zero-order valence-corrected chi connectivity index (χ0v) is 9.57. The van der Waals surface area contributed by atoms with E-state index in [2.05, 4.69) is 0 Å². The second-order valence-corrected chi connectivity index (χ2v) is 3.54. The van der Waals surface area contributed by atoms with E-state index in [0.29, 0.717) is 12.3 Å². The van der Waals surface area contributed by atoms with Crippen LogP contribution < -0.4 is 5.43 Å². The van der Waals surface area contributed by atoms with Crippen LogP contribution in [0.3, 0.4) is 0 Å². The molecule has 0 spiro atoms. The van der Waals surface area contributed by atoms with Crippen molar-refractivity contribution in [2.24, 2.45) is 7.05 Å². The molecule has 0 unspecified atom stereocenters. The molecule has 1 atom stereocenters. The van der Waals surface area contributed by atoms with Crippen molar-refractivity contribution in [3.8, 4) is 5.75 Å². The Kier molecular flexibility index (Phi) is 3.52. The number of ether oxygens (including phenoxy) is 1. The van der Waals surface area contributed by atoms with E-state index in [9.17, 15) is 9.90 Å². The first kappa shape index (κ1) is 11.8.